The van der Waals surface area contributed by atoms with Crippen LogP contribution in [-0.4, -0.2) is 34.0 Å². The van der Waals surface area contributed by atoms with Crippen LogP contribution in [0.3, 0.4) is 0 Å². The molecule has 2 fully saturated rings. The summed E-state index contributed by atoms with van der Waals surface area (Å²) in [5.74, 6) is -0.532. The van der Waals surface area contributed by atoms with Gasteiger partial charge in [0.05, 0.1) is 11.8 Å². The van der Waals surface area contributed by atoms with Crippen LogP contribution in [0.1, 0.15) is 39.0 Å². The van der Waals surface area contributed by atoms with Gasteiger partial charge in [0.2, 0.25) is 5.91 Å². The molecule has 18 heavy (non-hydrogen) atoms. The third kappa shape index (κ3) is 3.19. The Morgan fingerprint density at radius 3 is 2.61 bits per heavy atom. The largest absolute Gasteiger partial charge is 0.481 e. The Bertz CT molecular complexity index is 332. The molecule has 2 saturated carbocycles. The molecule has 0 aromatic heterocycles. The molecule has 2 aliphatic rings. The second-order valence-corrected chi connectivity index (χ2v) is 6.70. The Kier molecular flexibility index (Phi) is 4.54. The van der Waals surface area contributed by atoms with E-state index < -0.39 is 11.9 Å². The van der Waals surface area contributed by atoms with Crippen molar-refractivity contribution in [3.8, 4) is 0 Å². The lowest BCUT2D eigenvalue weighted by Crippen LogP contribution is -2.44. The monoisotopic (exact) mass is 271 g/mol. The topological polar surface area (TPSA) is 66.4 Å². The molecular formula is C13H21NO3S. The van der Waals surface area contributed by atoms with E-state index in [-0.39, 0.29) is 17.9 Å². The van der Waals surface area contributed by atoms with Gasteiger partial charge in [0.1, 0.15) is 0 Å². The minimum atomic E-state index is -0.835. The lowest BCUT2D eigenvalue weighted by Gasteiger charge is -2.31. The van der Waals surface area contributed by atoms with Crippen molar-refractivity contribution in [1.82, 2.24) is 5.32 Å². The van der Waals surface area contributed by atoms with Crippen molar-refractivity contribution < 1.29 is 14.7 Å². The number of carbonyl (C=O) groups excluding carboxylic acids is 1. The second-order valence-electron chi connectivity index (χ2n) is 5.18. The van der Waals surface area contributed by atoms with Gasteiger partial charge in [0.25, 0.3) is 0 Å². The average Bonchev–Trinajstić information content (AvgIpc) is 3.12. The zero-order valence-electron chi connectivity index (χ0n) is 10.7. The van der Waals surface area contributed by atoms with Gasteiger partial charge < -0.3 is 10.4 Å². The molecule has 2 aliphatic carbocycles. The summed E-state index contributed by atoms with van der Waals surface area (Å²) in [6.07, 6.45) is 5.12. The second kappa shape index (κ2) is 5.95. The molecule has 5 heteroatoms. The standard InChI is InChI=1S/C13H21NO3S/c1-2-18-11-6-4-3-5-10(11)14-12(15)8-7-9(8)13(16)17/h8-11H,2-7H2,1H3,(H,14,15)(H,16,17). The summed E-state index contributed by atoms with van der Waals surface area (Å²) in [5.41, 5.74) is 0. The molecule has 0 aliphatic heterocycles. The molecule has 2 rings (SSSR count). The van der Waals surface area contributed by atoms with Crippen LogP contribution in [0.4, 0.5) is 0 Å². The van der Waals surface area contributed by atoms with Crippen LogP contribution in [-0.2, 0) is 9.59 Å². The zero-order valence-corrected chi connectivity index (χ0v) is 11.5. The van der Waals surface area contributed by atoms with Crippen LogP contribution in [0.5, 0.6) is 0 Å². The molecule has 0 aromatic carbocycles. The summed E-state index contributed by atoms with van der Waals surface area (Å²) >= 11 is 1.91. The molecular weight excluding hydrogens is 250 g/mol. The number of carbonyl (C=O) groups is 2. The van der Waals surface area contributed by atoms with Gasteiger partial charge in [-0.15, -0.1) is 0 Å². The third-order valence-electron chi connectivity index (χ3n) is 3.86. The molecule has 4 atom stereocenters. The fourth-order valence-electron chi connectivity index (χ4n) is 2.72. The van der Waals surface area contributed by atoms with E-state index >= 15 is 0 Å². The Labute approximate surface area is 112 Å². The van der Waals surface area contributed by atoms with Crippen LogP contribution in [0.2, 0.25) is 0 Å². The van der Waals surface area contributed by atoms with Crippen molar-refractivity contribution in [3.05, 3.63) is 0 Å². The normalized spacial score (nSPS) is 34.9. The summed E-state index contributed by atoms with van der Waals surface area (Å²) in [6.45, 7) is 2.14. The minimum absolute atomic E-state index is 0.0454. The first kappa shape index (κ1) is 13.7. The van der Waals surface area contributed by atoms with E-state index in [1.807, 2.05) is 11.8 Å². The van der Waals surface area contributed by atoms with Crippen LogP contribution in [0, 0.1) is 11.8 Å². The number of hydrogen-bond donors (Lipinski definition) is 2. The molecule has 0 spiro atoms. The highest BCUT2D eigenvalue weighted by Gasteiger charge is 2.48. The van der Waals surface area contributed by atoms with Gasteiger partial charge >= 0.3 is 5.97 Å². The molecule has 1 amide bonds. The van der Waals surface area contributed by atoms with Gasteiger partial charge in [-0.05, 0) is 25.0 Å². The number of rotatable bonds is 5. The molecule has 4 unspecified atom stereocenters. The van der Waals surface area contributed by atoms with E-state index in [4.69, 9.17) is 5.11 Å². The number of carboxylic acid groups (broad SMARTS) is 1. The Morgan fingerprint density at radius 1 is 1.28 bits per heavy atom. The molecule has 2 N–H and O–H groups in total. The van der Waals surface area contributed by atoms with E-state index in [1.165, 1.54) is 12.8 Å². The zero-order chi connectivity index (χ0) is 13.1. The Hall–Kier alpha value is -0.710. The predicted octanol–water partition coefficient (Wildman–Crippen LogP) is 1.89. The number of nitrogens with one attached hydrogen (secondary N) is 1. The molecule has 0 radical (unpaired) electrons. The number of hydrogen-bond acceptors (Lipinski definition) is 3. The highest BCUT2D eigenvalue weighted by Crippen LogP contribution is 2.39. The summed E-state index contributed by atoms with van der Waals surface area (Å²) in [7, 11) is 0. The maximum atomic E-state index is 12.0. The van der Waals surface area contributed by atoms with Crippen molar-refractivity contribution in [1.29, 1.82) is 0 Å². The van der Waals surface area contributed by atoms with Crippen LogP contribution in [0.25, 0.3) is 0 Å². The smallest absolute Gasteiger partial charge is 0.307 e. The van der Waals surface area contributed by atoms with Crippen molar-refractivity contribution in [2.24, 2.45) is 11.8 Å². The van der Waals surface area contributed by atoms with Crippen LogP contribution in [0.15, 0.2) is 0 Å². The van der Waals surface area contributed by atoms with Gasteiger partial charge in [0, 0.05) is 11.3 Å². The fraction of sp³-hybridized carbons (Fsp3) is 0.846. The quantitative estimate of drug-likeness (QED) is 0.801. The number of amides is 1. The summed E-state index contributed by atoms with van der Waals surface area (Å²) in [5, 5.41) is 12.4. The summed E-state index contributed by atoms with van der Waals surface area (Å²) < 4.78 is 0. The first-order valence-corrected chi connectivity index (χ1v) is 7.83. The molecule has 4 nitrogen and oxygen atoms in total. The van der Waals surface area contributed by atoms with Crippen LogP contribution < -0.4 is 5.32 Å². The maximum Gasteiger partial charge on any atom is 0.307 e. The van der Waals surface area contributed by atoms with Crippen molar-refractivity contribution >= 4 is 23.6 Å². The molecule has 102 valence electrons. The van der Waals surface area contributed by atoms with Crippen LogP contribution >= 0.6 is 11.8 Å². The van der Waals surface area contributed by atoms with E-state index in [0.29, 0.717) is 11.7 Å². The maximum absolute atomic E-state index is 12.0. The van der Waals surface area contributed by atoms with Crippen molar-refractivity contribution in [3.63, 3.8) is 0 Å². The molecule has 0 heterocycles. The molecule has 0 saturated heterocycles. The molecule has 0 bridgehead atoms. The first-order valence-electron chi connectivity index (χ1n) is 6.78. The Morgan fingerprint density at radius 2 is 2.00 bits per heavy atom. The first-order chi connectivity index (χ1) is 8.63. The minimum Gasteiger partial charge on any atom is -0.481 e. The van der Waals surface area contributed by atoms with Gasteiger partial charge in [-0.3, -0.25) is 9.59 Å². The summed E-state index contributed by atoms with van der Waals surface area (Å²) in [6, 6.07) is 0.242. The van der Waals surface area contributed by atoms with Gasteiger partial charge in [-0.25, -0.2) is 0 Å². The van der Waals surface area contributed by atoms with E-state index in [1.54, 1.807) is 0 Å². The number of carboxylic acids is 1. The number of aliphatic carboxylic acids is 1. The lowest BCUT2D eigenvalue weighted by atomic mass is 9.94. The highest BCUT2D eigenvalue weighted by atomic mass is 32.2. The van der Waals surface area contributed by atoms with E-state index in [9.17, 15) is 9.59 Å². The average molecular weight is 271 g/mol. The molecule has 0 aromatic rings. The van der Waals surface area contributed by atoms with Gasteiger partial charge in [-0.2, -0.15) is 11.8 Å². The van der Waals surface area contributed by atoms with E-state index in [2.05, 4.69) is 12.2 Å². The van der Waals surface area contributed by atoms with Crippen molar-refractivity contribution in [2.75, 3.05) is 5.75 Å². The predicted molar refractivity (Wildman–Crippen MR) is 71.6 cm³/mol. The highest BCUT2D eigenvalue weighted by molar-refractivity contribution is 7.99. The SMILES string of the molecule is CCSC1CCCCC1NC(=O)C1CC1C(=O)O. The van der Waals surface area contributed by atoms with Crippen molar-refractivity contribution in [2.45, 2.75) is 50.3 Å². The lowest BCUT2D eigenvalue weighted by molar-refractivity contribution is -0.140. The Balaban J connectivity index is 1.84. The number of thioether (sulfide) groups is 1. The third-order valence-corrected chi connectivity index (χ3v) is 5.18. The summed E-state index contributed by atoms with van der Waals surface area (Å²) in [4.78, 5) is 22.7. The van der Waals surface area contributed by atoms with Gasteiger partial charge in [0.15, 0.2) is 0 Å². The fourth-order valence-corrected chi connectivity index (χ4v) is 3.92. The van der Waals surface area contributed by atoms with Gasteiger partial charge in [-0.1, -0.05) is 19.8 Å². The van der Waals surface area contributed by atoms with E-state index in [0.717, 1.165) is 18.6 Å².